The molecule has 17 nitrogen and oxygen atoms in total. The fourth-order valence-electron chi connectivity index (χ4n) is 7.29. The first-order chi connectivity index (χ1) is 26.1. The molecule has 0 spiro atoms. The Kier molecular flexibility index (Phi) is 8.59. The van der Waals surface area contributed by atoms with Crippen LogP contribution in [0.25, 0.3) is 53.9 Å². The van der Waals surface area contributed by atoms with Gasteiger partial charge in [-0.25, -0.2) is 9.59 Å². The molecule has 3 N–H and O–H groups in total. The monoisotopic (exact) mass is 751 g/mol. The summed E-state index contributed by atoms with van der Waals surface area (Å²) < 4.78 is 16.6. The molecule has 0 radical (unpaired) electrons. The van der Waals surface area contributed by atoms with Gasteiger partial charge in [-0.3, -0.25) is 33.6 Å². The van der Waals surface area contributed by atoms with Gasteiger partial charge in [-0.2, -0.15) is 0 Å². The minimum Gasteiger partial charge on any atom is -0.506 e. The Labute approximate surface area is 306 Å². The number of aliphatic carboxylic acids is 1. The van der Waals surface area contributed by atoms with E-state index in [1.54, 1.807) is 0 Å². The molecule has 1 aliphatic heterocycles. The molecule has 0 aliphatic carbocycles. The van der Waals surface area contributed by atoms with Crippen LogP contribution in [0.1, 0.15) is 12.6 Å². The van der Waals surface area contributed by atoms with Crippen molar-refractivity contribution in [3.05, 3.63) is 93.3 Å². The first kappa shape index (κ1) is 36.2. The number of phenolic OH excluding ortho intramolecular Hbond substituents is 1. The Morgan fingerprint density at radius 3 is 2.16 bits per heavy atom. The van der Waals surface area contributed by atoms with Gasteiger partial charge in [0.15, 0.2) is 17.5 Å². The van der Waals surface area contributed by atoms with Crippen molar-refractivity contribution in [2.75, 3.05) is 27.4 Å². The van der Waals surface area contributed by atoms with Crippen LogP contribution in [0, 0.1) is 6.92 Å². The van der Waals surface area contributed by atoms with Gasteiger partial charge in [0.05, 0.1) is 42.3 Å². The average molecular weight is 752 g/mol. The van der Waals surface area contributed by atoms with Crippen molar-refractivity contribution in [3.63, 3.8) is 0 Å². The van der Waals surface area contributed by atoms with Crippen molar-refractivity contribution >= 4 is 77.6 Å². The van der Waals surface area contributed by atoms with Crippen LogP contribution < -0.4 is 42.1 Å². The van der Waals surface area contributed by atoms with Crippen LogP contribution in [0.15, 0.2) is 60.4 Å². The summed E-state index contributed by atoms with van der Waals surface area (Å²) in [6.07, 6.45) is 0. The van der Waals surface area contributed by atoms with E-state index in [-0.39, 0.29) is 54.9 Å². The van der Waals surface area contributed by atoms with E-state index in [0.29, 0.717) is 0 Å². The lowest BCUT2D eigenvalue weighted by atomic mass is 9.92. The summed E-state index contributed by atoms with van der Waals surface area (Å²) in [6, 6.07) is 5.40. The van der Waals surface area contributed by atoms with E-state index >= 15 is 0 Å². The molecule has 2 heterocycles. The predicted octanol–water partition coefficient (Wildman–Crippen LogP) is 0.305. The van der Waals surface area contributed by atoms with E-state index in [4.69, 9.17) is 9.47 Å². The summed E-state index contributed by atoms with van der Waals surface area (Å²) >= 11 is 0. The highest BCUT2D eigenvalue weighted by molar-refractivity contribution is 6.23. The highest BCUT2D eigenvalue weighted by atomic mass is 16.6. The molecule has 2 atom stereocenters. The van der Waals surface area contributed by atoms with Crippen molar-refractivity contribution in [1.29, 1.82) is 0 Å². The molecule has 1 fully saturated rings. The number of nitrogens with one attached hydrogen (secondary N) is 1. The van der Waals surface area contributed by atoms with Crippen LogP contribution >= 0.6 is 0 Å². The zero-order chi connectivity index (χ0) is 39.8. The lowest BCUT2D eigenvalue weighted by Gasteiger charge is -2.36. The zero-order valence-electron chi connectivity index (χ0n) is 29.4. The van der Waals surface area contributed by atoms with E-state index in [2.05, 4.69) is 10.1 Å². The summed E-state index contributed by atoms with van der Waals surface area (Å²) in [5.41, 5.74) is -4.47. The largest absolute Gasteiger partial charge is 0.506 e. The number of aromatic nitrogens is 1. The number of carboxylic acids is 1. The quantitative estimate of drug-likeness (QED) is 0.113. The third kappa shape index (κ3) is 5.33. The number of aryl methyl sites for hydroxylation is 1. The van der Waals surface area contributed by atoms with E-state index in [9.17, 15) is 53.4 Å². The number of carbonyl (C=O) groups is 4. The van der Waals surface area contributed by atoms with E-state index in [0.717, 1.165) is 16.6 Å². The minimum absolute atomic E-state index is 0.0624. The second-order valence-electron chi connectivity index (χ2n) is 13.0. The number of carbonyl (C=O) groups excluding carboxylic acids is 3. The molecule has 0 saturated carbocycles. The molecule has 6 aromatic rings. The SMILES string of the molecule is COC(=O)COc1cccc2c(=O)c3c(O)c4c(ccc5c(=O)c6cc(C)n(CC(=O)N7CC(C(=O)O)NC(=O)C7C)c(=O)c6c(=O)c54)c(OC)c3c(=O)c12. The van der Waals surface area contributed by atoms with Crippen LogP contribution in [0.4, 0.5) is 0 Å². The standard InChI is InChI=1S/C38H29N3O14/c1-14-10-19-27(37(50)40(14)12-22(42)41-11-20(38(51)52)39-36(49)15(41)2)33(47)25-17(30(19)44)8-9-18-26(25)34(48)28-29(35(18)54-4)32(46)24-16(31(28)45)6-5-7-21(24)55-13-23(43)53-3/h5-10,15,20,48H,11-13H2,1-4H3,(H,39,49)(H,51,52). The molecule has 0 bridgehead atoms. The topological polar surface area (TPSA) is 242 Å². The molecule has 280 valence electrons. The number of rotatable bonds is 7. The fraction of sp³-hybridized carbons (Fsp3) is 0.237. The molecule has 1 saturated heterocycles. The van der Waals surface area contributed by atoms with Gasteiger partial charge in [-0.15, -0.1) is 0 Å². The Morgan fingerprint density at radius 2 is 1.49 bits per heavy atom. The van der Waals surface area contributed by atoms with Crippen LogP contribution in [0.5, 0.6) is 17.2 Å². The van der Waals surface area contributed by atoms with Gasteiger partial charge in [0, 0.05) is 38.0 Å². The number of fused-ring (bicyclic) bond motifs is 6. The summed E-state index contributed by atoms with van der Waals surface area (Å²) in [6.45, 7) is 1.10. The number of benzene rings is 5. The summed E-state index contributed by atoms with van der Waals surface area (Å²) in [5, 5.41) is 20.2. The number of methoxy groups -OCH3 is 2. The van der Waals surface area contributed by atoms with Gasteiger partial charge < -0.3 is 39.2 Å². The average Bonchev–Trinajstić information content (AvgIpc) is 3.16. The second-order valence-corrected chi connectivity index (χ2v) is 13.0. The third-order valence-corrected chi connectivity index (χ3v) is 10.0. The Morgan fingerprint density at radius 1 is 0.818 bits per heavy atom. The number of phenols is 1. The number of ether oxygens (including phenoxy) is 3. The predicted molar refractivity (Wildman–Crippen MR) is 197 cm³/mol. The third-order valence-electron chi connectivity index (χ3n) is 10.0. The van der Waals surface area contributed by atoms with Gasteiger partial charge in [0.25, 0.3) is 5.56 Å². The molecule has 1 aliphatic rings. The number of hydrogen-bond donors (Lipinski definition) is 3. The number of hydrogen-bond acceptors (Lipinski definition) is 13. The maximum absolute atomic E-state index is 14.5. The van der Waals surface area contributed by atoms with Crippen molar-refractivity contribution in [2.45, 2.75) is 32.5 Å². The van der Waals surface area contributed by atoms with Crippen molar-refractivity contribution < 1.29 is 43.6 Å². The van der Waals surface area contributed by atoms with Gasteiger partial charge in [-0.05, 0) is 38.1 Å². The normalized spacial score (nSPS) is 15.9. The first-order valence-electron chi connectivity index (χ1n) is 16.6. The molecule has 5 aromatic carbocycles. The zero-order valence-corrected chi connectivity index (χ0v) is 29.4. The van der Waals surface area contributed by atoms with E-state index < -0.39 is 105 Å². The molecule has 55 heavy (non-hydrogen) atoms. The lowest BCUT2D eigenvalue weighted by molar-refractivity contribution is -0.151. The number of amides is 2. The van der Waals surface area contributed by atoms with Gasteiger partial charge in [0.2, 0.25) is 22.7 Å². The minimum atomic E-state index is -1.40. The molecule has 1 aromatic heterocycles. The molecule has 2 amide bonds. The highest BCUT2D eigenvalue weighted by Gasteiger charge is 2.38. The van der Waals surface area contributed by atoms with Crippen LogP contribution in [0.3, 0.4) is 0 Å². The molecule has 17 heteroatoms. The molecular formula is C38H29N3O14. The molecule has 7 rings (SSSR count). The summed E-state index contributed by atoms with van der Waals surface area (Å²) in [5.74, 6) is -4.87. The number of pyridine rings is 1. The van der Waals surface area contributed by atoms with Crippen molar-refractivity contribution in [1.82, 2.24) is 14.8 Å². The van der Waals surface area contributed by atoms with Gasteiger partial charge in [-0.1, -0.05) is 12.1 Å². The fourth-order valence-corrected chi connectivity index (χ4v) is 7.29. The summed E-state index contributed by atoms with van der Waals surface area (Å²) in [7, 11) is 2.33. The number of carboxylic acid groups (broad SMARTS) is 1. The first-order valence-corrected chi connectivity index (χ1v) is 16.6. The van der Waals surface area contributed by atoms with Crippen LogP contribution in [0.2, 0.25) is 0 Å². The lowest BCUT2D eigenvalue weighted by Crippen LogP contribution is -2.63. The highest BCUT2D eigenvalue weighted by Crippen LogP contribution is 2.43. The Bertz CT molecular complexity index is 3030. The maximum atomic E-state index is 14.5. The van der Waals surface area contributed by atoms with Gasteiger partial charge >= 0.3 is 11.9 Å². The second kappa shape index (κ2) is 13.0. The van der Waals surface area contributed by atoms with Crippen molar-refractivity contribution in [3.8, 4) is 17.2 Å². The smallest absolute Gasteiger partial charge is 0.343 e. The number of esters is 1. The molecule has 2 unspecified atom stereocenters. The van der Waals surface area contributed by atoms with E-state index in [1.807, 2.05) is 0 Å². The Hall–Kier alpha value is -7.17. The van der Waals surface area contributed by atoms with Crippen molar-refractivity contribution in [2.24, 2.45) is 0 Å². The number of nitrogens with zero attached hydrogens (tertiary/aromatic N) is 2. The number of piperazine rings is 1. The van der Waals surface area contributed by atoms with Crippen LogP contribution in [-0.4, -0.2) is 82.9 Å². The summed E-state index contributed by atoms with van der Waals surface area (Å²) in [4.78, 5) is 121. The maximum Gasteiger partial charge on any atom is 0.343 e. The van der Waals surface area contributed by atoms with Crippen LogP contribution in [-0.2, 0) is 30.5 Å². The van der Waals surface area contributed by atoms with Gasteiger partial charge in [0.1, 0.15) is 35.9 Å². The Balaban J connectivity index is 1.51. The number of aromatic hydroxyl groups is 1. The molecular weight excluding hydrogens is 722 g/mol. The van der Waals surface area contributed by atoms with E-state index in [1.165, 1.54) is 57.4 Å².